The molecular formula is C25H34N2O4. The van der Waals surface area contributed by atoms with Gasteiger partial charge in [0.1, 0.15) is 0 Å². The number of carbonyl (C=O) groups is 2. The third-order valence-electron chi connectivity index (χ3n) is 5.23. The van der Waals surface area contributed by atoms with Gasteiger partial charge >= 0.3 is 11.9 Å². The molecule has 0 spiro atoms. The lowest BCUT2D eigenvalue weighted by Gasteiger charge is -2.13. The van der Waals surface area contributed by atoms with Crippen molar-refractivity contribution in [3.05, 3.63) is 58.7 Å². The molecule has 0 fully saturated rings. The second-order valence-corrected chi connectivity index (χ2v) is 7.81. The summed E-state index contributed by atoms with van der Waals surface area (Å²) in [6.07, 6.45) is 6.87. The molecule has 0 heterocycles. The van der Waals surface area contributed by atoms with Crippen LogP contribution in [-0.2, 0) is 6.42 Å². The lowest BCUT2D eigenvalue weighted by molar-refractivity contribution is 0.0687. The van der Waals surface area contributed by atoms with Crippen LogP contribution in [0.25, 0.3) is 0 Å². The van der Waals surface area contributed by atoms with E-state index in [0.29, 0.717) is 17.8 Å². The van der Waals surface area contributed by atoms with Gasteiger partial charge in [-0.05, 0) is 54.7 Å². The van der Waals surface area contributed by atoms with Crippen LogP contribution in [0.3, 0.4) is 0 Å². The molecular weight excluding hydrogens is 392 g/mol. The van der Waals surface area contributed by atoms with Crippen LogP contribution in [-0.4, -0.2) is 35.2 Å². The van der Waals surface area contributed by atoms with Gasteiger partial charge in [0, 0.05) is 24.5 Å². The van der Waals surface area contributed by atoms with Crippen LogP contribution in [0.1, 0.15) is 84.2 Å². The molecule has 0 radical (unpaired) electrons. The minimum Gasteiger partial charge on any atom is -0.478 e. The zero-order valence-corrected chi connectivity index (χ0v) is 18.5. The van der Waals surface area contributed by atoms with Crippen LogP contribution in [0, 0.1) is 0 Å². The van der Waals surface area contributed by atoms with Crippen LogP contribution in [0.5, 0.6) is 0 Å². The first-order valence-corrected chi connectivity index (χ1v) is 11.2. The van der Waals surface area contributed by atoms with Crippen LogP contribution in [0.4, 0.5) is 11.4 Å². The van der Waals surface area contributed by atoms with Crippen molar-refractivity contribution in [2.45, 2.75) is 58.8 Å². The Bertz CT molecular complexity index is 808. The zero-order chi connectivity index (χ0) is 22.6. The highest BCUT2D eigenvalue weighted by Crippen LogP contribution is 2.23. The third-order valence-corrected chi connectivity index (χ3v) is 5.23. The number of nitrogens with one attached hydrogen (secondary N) is 2. The maximum atomic E-state index is 11.7. The summed E-state index contributed by atoms with van der Waals surface area (Å²) in [6, 6.07) is 10.7. The molecule has 168 valence electrons. The van der Waals surface area contributed by atoms with Gasteiger partial charge < -0.3 is 20.8 Å². The van der Waals surface area contributed by atoms with Gasteiger partial charge in [-0.3, -0.25) is 0 Å². The second kappa shape index (κ2) is 12.6. The van der Waals surface area contributed by atoms with Crippen molar-refractivity contribution in [2.75, 3.05) is 23.7 Å². The van der Waals surface area contributed by atoms with Crippen molar-refractivity contribution in [2.24, 2.45) is 0 Å². The molecule has 2 rings (SSSR count). The van der Waals surface area contributed by atoms with Crippen LogP contribution in [0.2, 0.25) is 0 Å². The molecule has 2 aromatic rings. The Morgan fingerprint density at radius 2 is 1.13 bits per heavy atom. The van der Waals surface area contributed by atoms with Gasteiger partial charge in [-0.25, -0.2) is 9.59 Å². The largest absolute Gasteiger partial charge is 0.478 e. The summed E-state index contributed by atoms with van der Waals surface area (Å²) in [5.41, 5.74) is 3.37. The molecule has 0 amide bonds. The standard InChI is InChI=1S/C25H34N2O4/c1-3-5-7-13-26-22-11-9-18(16-20(22)24(28)29)15-19-10-12-23(21(17-19)25(30)31)27-14-8-6-4-2/h9-12,16-17,26-27H,3-8,13-15H2,1-2H3,(H,28,29)(H,30,31). The topological polar surface area (TPSA) is 98.7 Å². The van der Waals surface area contributed by atoms with E-state index < -0.39 is 11.9 Å². The second-order valence-electron chi connectivity index (χ2n) is 7.81. The molecule has 31 heavy (non-hydrogen) atoms. The van der Waals surface area contributed by atoms with Gasteiger partial charge in [0.15, 0.2) is 0 Å². The number of anilines is 2. The number of benzene rings is 2. The normalized spacial score (nSPS) is 10.6. The van der Waals surface area contributed by atoms with Crippen LogP contribution in [0.15, 0.2) is 36.4 Å². The van der Waals surface area contributed by atoms with Crippen LogP contribution < -0.4 is 10.6 Å². The smallest absolute Gasteiger partial charge is 0.337 e. The molecule has 0 aliphatic heterocycles. The Balaban J connectivity index is 2.15. The predicted octanol–water partition coefficient (Wildman–Crippen LogP) is 5.88. The van der Waals surface area contributed by atoms with Gasteiger partial charge in [-0.2, -0.15) is 0 Å². The Hall–Kier alpha value is -3.02. The number of hydrogen-bond acceptors (Lipinski definition) is 4. The van der Waals surface area contributed by atoms with E-state index in [4.69, 9.17) is 0 Å². The van der Waals surface area contributed by atoms with Gasteiger partial charge in [-0.15, -0.1) is 0 Å². The minimum atomic E-state index is -0.974. The van der Waals surface area contributed by atoms with E-state index in [-0.39, 0.29) is 11.1 Å². The zero-order valence-electron chi connectivity index (χ0n) is 18.5. The van der Waals surface area contributed by atoms with E-state index in [1.807, 2.05) is 12.1 Å². The van der Waals surface area contributed by atoms with E-state index >= 15 is 0 Å². The summed E-state index contributed by atoms with van der Waals surface area (Å²) in [7, 11) is 0. The van der Waals surface area contributed by atoms with Crippen LogP contribution >= 0.6 is 0 Å². The lowest BCUT2D eigenvalue weighted by atomic mass is 9.99. The summed E-state index contributed by atoms with van der Waals surface area (Å²) < 4.78 is 0. The summed E-state index contributed by atoms with van der Waals surface area (Å²) in [4.78, 5) is 23.4. The first-order chi connectivity index (χ1) is 15.0. The van der Waals surface area contributed by atoms with E-state index in [0.717, 1.165) is 62.7 Å². The van der Waals surface area contributed by atoms with Crippen molar-refractivity contribution in [1.29, 1.82) is 0 Å². The first-order valence-electron chi connectivity index (χ1n) is 11.2. The molecule has 0 bridgehead atoms. The minimum absolute atomic E-state index is 0.238. The fraction of sp³-hybridized carbons (Fsp3) is 0.440. The Morgan fingerprint density at radius 3 is 1.48 bits per heavy atom. The van der Waals surface area contributed by atoms with Crippen molar-refractivity contribution in [3.8, 4) is 0 Å². The highest BCUT2D eigenvalue weighted by Gasteiger charge is 2.14. The summed E-state index contributed by atoms with van der Waals surface area (Å²) in [5.74, 6) is -1.95. The lowest BCUT2D eigenvalue weighted by Crippen LogP contribution is -2.09. The van der Waals surface area contributed by atoms with Gasteiger partial charge in [-0.1, -0.05) is 51.7 Å². The molecule has 0 atom stereocenters. The molecule has 0 aromatic heterocycles. The van der Waals surface area contributed by atoms with E-state index in [9.17, 15) is 19.8 Å². The van der Waals surface area contributed by atoms with Crippen molar-refractivity contribution in [1.82, 2.24) is 0 Å². The van der Waals surface area contributed by atoms with Crippen molar-refractivity contribution < 1.29 is 19.8 Å². The highest BCUT2D eigenvalue weighted by molar-refractivity contribution is 5.95. The number of hydrogen-bond donors (Lipinski definition) is 4. The molecule has 0 saturated carbocycles. The predicted molar refractivity (Wildman–Crippen MR) is 126 cm³/mol. The number of rotatable bonds is 14. The van der Waals surface area contributed by atoms with Crippen molar-refractivity contribution in [3.63, 3.8) is 0 Å². The molecule has 0 saturated heterocycles. The molecule has 2 aromatic carbocycles. The molecule has 0 unspecified atom stereocenters. The fourth-order valence-corrected chi connectivity index (χ4v) is 3.50. The number of aromatic carboxylic acids is 2. The first kappa shape index (κ1) is 24.3. The SMILES string of the molecule is CCCCCNc1ccc(Cc2ccc(NCCCCC)c(C(=O)O)c2)cc1C(=O)O. The van der Waals surface area contributed by atoms with Gasteiger partial charge in [0.05, 0.1) is 11.1 Å². The Kier molecular flexibility index (Phi) is 9.88. The summed E-state index contributed by atoms with van der Waals surface area (Å²) in [5, 5.41) is 25.6. The average Bonchev–Trinajstić information content (AvgIpc) is 2.75. The molecule has 6 heteroatoms. The van der Waals surface area contributed by atoms with Gasteiger partial charge in [0.2, 0.25) is 0 Å². The maximum Gasteiger partial charge on any atom is 0.337 e. The molecule has 6 nitrogen and oxygen atoms in total. The highest BCUT2D eigenvalue weighted by atomic mass is 16.4. The van der Waals surface area contributed by atoms with E-state index in [1.54, 1.807) is 24.3 Å². The number of carboxylic acid groups (broad SMARTS) is 2. The fourth-order valence-electron chi connectivity index (χ4n) is 3.50. The van der Waals surface area contributed by atoms with E-state index in [2.05, 4.69) is 24.5 Å². The molecule has 0 aliphatic rings. The Labute approximate surface area is 184 Å². The average molecular weight is 427 g/mol. The van der Waals surface area contributed by atoms with Crippen molar-refractivity contribution >= 4 is 23.3 Å². The number of unbranched alkanes of at least 4 members (excludes halogenated alkanes) is 4. The number of carboxylic acids is 2. The maximum absolute atomic E-state index is 11.7. The summed E-state index contributed by atoms with van der Waals surface area (Å²) in [6.45, 7) is 5.73. The third kappa shape index (κ3) is 7.63. The summed E-state index contributed by atoms with van der Waals surface area (Å²) >= 11 is 0. The monoisotopic (exact) mass is 426 g/mol. The quantitative estimate of drug-likeness (QED) is 0.282. The van der Waals surface area contributed by atoms with Gasteiger partial charge in [0.25, 0.3) is 0 Å². The Morgan fingerprint density at radius 1 is 0.710 bits per heavy atom. The molecule has 4 N–H and O–H groups in total. The molecule has 0 aliphatic carbocycles. The van der Waals surface area contributed by atoms with E-state index in [1.165, 1.54) is 0 Å².